The summed E-state index contributed by atoms with van der Waals surface area (Å²) in [5.41, 5.74) is 1.31. The zero-order chi connectivity index (χ0) is 14.5. The van der Waals surface area contributed by atoms with Crippen LogP contribution in [0.5, 0.6) is 0 Å². The van der Waals surface area contributed by atoms with Crippen LogP contribution >= 0.6 is 0 Å². The Bertz CT molecular complexity index is 448. The Labute approximate surface area is 127 Å². The molecule has 2 fully saturated rings. The van der Waals surface area contributed by atoms with Gasteiger partial charge in [-0.15, -0.1) is 0 Å². The van der Waals surface area contributed by atoms with Crippen LogP contribution in [0.1, 0.15) is 37.7 Å². The molecule has 0 radical (unpaired) electrons. The third-order valence-electron chi connectivity index (χ3n) is 4.76. The van der Waals surface area contributed by atoms with Gasteiger partial charge in [-0.2, -0.15) is 0 Å². The maximum absolute atomic E-state index is 12.5. The van der Waals surface area contributed by atoms with Gasteiger partial charge in [0.2, 0.25) is 5.91 Å². The van der Waals surface area contributed by atoms with Gasteiger partial charge in [-0.25, -0.2) is 0 Å². The fourth-order valence-corrected chi connectivity index (χ4v) is 3.46. The van der Waals surface area contributed by atoms with Gasteiger partial charge in [-0.3, -0.25) is 14.7 Å². The maximum atomic E-state index is 12.5. The van der Waals surface area contributed by atoms with Crippen LogP contribution in [0.2, 0.25) is 0 Å². The van der Waals surface area contributed by atoms with Crippen molar-refractivity contribution in [2.45, 2.75) is 38.6 Å². The van der Waals surface area contributed by atoms with E-state index in [1.165, 1.54) is 24.8 Å². The average Bonchev–Trinajstić information content (AvgIpc) is 2.57. The Morgan fingerprint density at radius 1 is 1.05 bits per heavy atom. The molecule has 0 unspecified atom stereocenters. The van der Waals surface area contributed by atoms with Crippen molar-refractivity contribution in [2.75, 3.05) is 26.2 Å². The van der Waals surface area contributed by atoms with Crippen LogP contribution in [-0.2, 0) is 11.3 Å². The Balaban J connectivity index is 1.47. The number of piperidine rings is 2. The van der Waals surface area contributed by atoms with Gasteiger partial charge in [0.25, 0.3) is 0 Å². The molecule has 0 bridgehead atoms. The fourth-order valence-electron chi connectivity index (χ4n) is 3.46. The Morgan fingerprint density at radius 2 is 1.71 bits per heavy atom. The molecule has 0 N–H and O–H groups in total. The first kappa shape index (κ1) is 14.5. The molecule has 2 saturated heterocycles. The molecule has 0 atom stereocenters. The number of rotatable bonds is 3. The Morgan fingerprint density at radius 3 is 2.38 bits per heavy atom. The predicted molar refractivity (Wildman–Crippen MR) is 82.7 cm³/mol. The number of amides is 1. The molecule has 1 amide bonds. The second kappa shape index (κ2) is 7.03. The summed E-state index contributed by atoms with van der Waals surface area (Å²) in [6.07, 6.45) is 9.39. The molecule has 0 spiro atoms. The van der Waals surface area contributed by atoms with Crippen LogP contribution in [0.25, 0.3) is 0 Å². The van der Waals surface area contributed by atoms with Gasteiger partial charge in [0.1, 0.15) is 0 Å². The van der Waals surface area contributed by atoms with Crippen molar-refractivity contribution in [2.24, 2.45) is 5.92 Å². The van der Waals surface area contributed by atoms with Gasteiger partial charge in [-0.05, 0) is 62.9 Å². The van der Waals surface area contributed by atoms with E-state index < -0.39 is 0 Å². The van der Waals surface area contributed by atoms with E-state index in [1.807, 2.05) is 12.4 Å². The molecule has 0 aliphatic carbocycles. The molecule has 1 aromatic rings. The predicted octanol–water partition coefficient (Wildman–Crippen LogP) is 2.31. The first-order valence-electron chi connectivity index (χ1n) is 8.23. The number of carbonyl (C=O) groups is 1. The van der Waals surface area contributed by atoms with Gasteiger partial charge in [-0.1, -0.05) is 0 Å². The lowest BCUT2D eigenvalue weighted by Gasteiger charge is -2.35. The van der Waals surface area contributed by atoms with E-state index in [2.05, 4.69) is 26.9 Å². The number of hydrogen-bond donors (Lipinski definition) is 0. The Hall–Kier alpha value is -1.42. The SMILES string of the molecule is O=C(C1CCN(Cc2ccncc2)CC1)N1CCCCC1. The van der Waals surface area contributed by atoms with Gasteiger partial charge >= 0.3 is 0 Å². The minimum Gasteiger partial charge on any atom is -0.342 e. The van der Waals surface area contributed by atoms with E-state index in [0.717, 1.165) is 45.6 Å². The molecular weight excluding hydrogens is 262 g/mol. The smallest absolute Gasteiger partial charge is 0.225 e. The van der Waals surface area contributed by atoms with E-state index in [-0.39, 0.29) is 5.92 Å². The molecule has 114 valence electrons. The number of carbonyl (C=O) groups excluding carboxylic acids is 1. The quantitative estimate of drug-likeness (QED) is 0.856. The standard InChI is InChI=1S/C17H25N3O/c21-17(20-10-2-1-3-11-20)16-6-12-19(13-7-16)14-15-4-8-18-9-5-15/h4-5,8-9,16H,1-3,6-7,10-14H2. The molecule has 1 aromatic heterocycles. The molecule has 2 aliphatic heterocycles. The van der Waals surface area contributed by atoms with Crippen molar-refractivity contribution in [3.05, 3.63) is 30.1 Å². The minimum atomic E-state index is 0.261. The highest BCUT2D eigenvalue weighted by atomic mass is 16.2. The second-order valence-electron chi connectivity index (χ2n) is 6.29. The third kappa shape index (κ3) is 3.82. The maximum Gasteiger partial charge on any atom is 0.225 e. The van der Waals surface area contributed by atoms with E-state index in [9.17, 15) is 4.79 Å². The number of pyridine rings is 1. The molecule has 0 aromatic carbocycles. The number of hydrogen-bond acceptors (Lipinski definition) is 3. The minimum absolute atomic E-state index is 0.261. The van der Waals surface area contributed by atoms with Gasteiger partial charge < -0.3 is 4.90 Å². The Kier molecular flexibility index (Phi) is 4.86. The van der Waals surface area contributed by atoms with Crippen LogP contribution in [-0.4, -0.2) is 46.9 Å². The normalized spacial score (nSPS) is 21.4. The number of aromatic nitrogens is 1. The van der Waals surface area contributed by atoms with E-state index in [1.54, 1.807) is 0 Å². The summed E-state index contributed by atoms with van der Waals surface area (Å²) in [7, 11) is 0. The zero-order valence-corrected chi connectivity index (χ0v) is 12.7. The summed E-state index contributed by atoms with van der Waals surface area (Å²) in [5, 5.41) is 0. The fraction of sp³-hybridized carbons (Fsp3) is 0.647. The summed E-state index contributed by atoms with van der Waals surface area (Å²) in [6.45, 7) is 5.01. The highest BCUT2D eigenvalue weighted by molar-refractivity contribution is 5.79. The van der Waals surface area contributed by atoms with Crippen molar-refractivity contribution in [3.8, 4) is 0 Å². The lowest BCUT2D eigenvalue weighted by atomic mass is 9.94. The molecule has 3 rings (SSSR count). The zero-order valence-electron chi connectivity index (χ0n) is 12.7. The first-order valence-corrected chi connectivity index (χ1v) is 8.23. The highest BCUT2D eigenvalue weighted by Crippen LogP contribution is 2.22. The summed E-state index contributed by atoms with van der Waals surface area (Å²) >= 11 is 0. The summed E-state index contributed by atoms with van der Waals surface area (Å²) in [5.74, 6) is 0.676. The van der Waals surface area contributed by atoms with E-state index in [0.29, 0.717) is 5.91 Å². The van der Waals surface area contributed by atoms with E-state index >= 15 is 0 Å². The average molecular weight is 287 g/mol. The van der Waals surface area contributed by atoms with Crippen molar-refractivity contribution < 1.29 is 4.79 Å². The van der Waals surface area contributed by atoms with Gasteiger partial charge in [0.15, 0.2) is 0 Å². The third-order valence-corrected chi connectivity index (χ3v) is 4.76. The first-order chi connectivity index (χ1) is 10.3. The highest BCUT2D eigenvalue weighted by Gasteiger charge is 2.29. The number of likely N-dealkylation sites (tertiary alicyclic amines) is 2. The van der Waals surface area contributed by atoms with Crippen molar-refractivity contribution in [1.82, 2.24) is 14.8 Å². The van der Waals surface area contributed by atoms with Crippen molar-refractivity contribution in [3.63, 3.8) is 0 Å². The monoisotopic (exact) mass is 287 g/mol. The molecule has 3 heterocycles. The van der Waals surface area contributed by atoms with Crippen LogP contribution in [0.15, 0.2) is 24.5 Å². The topological polar surface area (TPSA) is 36.4 Å². The van der Waals surface area contributed by atoms with Gasteiger partial charge in [0.05, 0.1) is 0 Å². The van der Waals surface area contributed by atoms with Crippen LogP contribution < -0.4 is 0 Å². The lowest BCUT2D eigenvalue weighted by Crippen LogP contribution is -2.44. The largest absolute Gasteiger partial charge is 0.342 e. The lowest BCUT2D eigenvalue weighted by molar-refractivity contribution is -0.138. The van der Waals surface area contributed by atoms with Crippen molar-refractivity contribution >= 4 is 5.91 Å². The molecule has 4 nitrogen and oxygen atoms in total. The summed E-state index contributed by atoms with van der Waals surface area (Å²) in [4.78, 5) is 21.1. The molecule has 4 heteroatoms. The van der Waals surface area contributed by atoms with Gasteiger partial charge in [0, 0.05) is 37.9 Å². The molecule has 2 aliphatic rings. The number of nitrogens with zero attached hydrogens (tertiary/aromatic N) is 3. The molecular formula is C17H25N3O. The molecule has 0 saturated carbocycles. The van der Waals surface area contributed by atoms with Crippen LogP contribution in [0, 0.1) is 5.92 Å². The van der Waals surface area contributed by atoms with Crippen LogP contribution in [0.3, 0.4) is 0 Å². The van der Waals surface area contributed by atoms with Crippen molar-refractivity contribution in [1.29, 1.82) is 0 Å². The summed E-state index contributed by atoms with van der Waals surface area (Å²) < 4.78 is 0. The second-order valence-corrected chi connectivity index (χ2v) is 6.29. The summed E-state index contributed by atoms with van der Waals surface area (Å²) in [6, 6.07) is 4.15. The van der Waals surface area contributed by atoms with Crippen LogP contribution in [0.4, 0.5) is 0 Å². The molecule has 21 heavy (non-hydrogen) atoms. The van der Waals surface area contributed by atoms with E-state index in [4.69, 9.17) is 0 Å².